The molecule has 0 aliphatic heterocycles. The van der Waals surface area contributed by atoms with Gasteiger partial charge in [-0.25, -0.2) is 4.98 Å². The molecule has 4 aromatic rings. The van der Waals surface area contributed by atoms with Gasteiger partial charge in [0.1, 0.15) is 10.0 Å². The van der Waals surface area contributed by atoms with Crippen molar-refractivity contribution in [2.24, 2.45) is 0 Å². The third kappa shape index (κ3) is 3.74. The molecule has 2 aromatic carbocycles. The lowest BCUT2D eigenvalue weighted by Gasteiger charge is -2.08. The molecule has 0 aliphatic carbocycles. The smallest absolute Gasteiger partial charge is 0.161 e. The second-order valence-corrected chi connectivity index (χ2v) is 7.56. The molecule has 0 fully saturated rings. The predicted octanol–water partition coefficient (Wildman–Crippen LogP) is 5.06. The SMILES string of the molecule is COc1ccc(-c2nc(CSc3nncc4ccccc34)cs2)cc1OC. The third-order valence-corrected chi connectivity index (χ3v) is 6.03. The quantitative estimate of drug-likeness (QED) is 0.425. The lowest BCUT2D eigenvalue weighted by molar-refractivity contribution is 0.355. The summed E-state index contributed by atoms with van der Waals surface area (Å²) in [6.07, 6.45) is 1.79. The van der Waals surface area contributed by atoms with Crippen molar-refractivity contribution in [2.75, 3.05) is 14.2 Å². The summed E-state index contributed by atoms with van der Waals surface area (Å²) in [6.45, 7) is 0. The second-order valence-electron chi connectivity index (χ2n) is 5.74. The number of ether oxygens (including phenoxy) is 2. The number of nitrogens with zero attached hydrogens (tertiary/aromatic N) is 3. The van der Waals surface area contributed by atoms with E-state index in [1.165, 1.54) is 0 Å². The average molecular weight is 396 g/mol. The summed E-state index contributed by atoms with van der Waals surface area (Å²) in [7, 11) is 3.27. The van der Waals surface area contributed by atoms with Crippen LogP contribution in [-0.2, 0) is 5.75 Å². The third-order valence-electron chi connectivity index (χ3n) is 4.08. The maximum Gasteiger partial charge on any atom is 0.161 e. The molecular weight excluding hydrogens is 378 g/mol. The van der Waals surface area contributed by atoms with Crippen molar-refractivity contribution >= 4 is 33.9 Å². The zero-order valence-corrected chi connectivity index (χ0v) is 16.5. The first-order valence-electron chi connectivity index (χ1n) is 8.28. The van der Waals surface area contributed by atoms with Crippen LogP contribution in [0.3, 0.4) is 0 Å². The highest BCUT2D eigenvalue weighted by Gasteiger charge is 2.11. The average Bonchev–Trinajstić information content (AvgIpc) is 3.20. The fraction of sp³-hybridized carbons (Fsp3) is 0.150. The highest BCUT2D eigenvalue weighted by atomic mass is 32.2. The van der Waals surface area contributed by atoms with Gasteiger partial charge in [0.05, 0.1) is 26.1 Å². The van der Waals surface area contributed by atoms with Crippen molar-refractivity contribution in [3.05, 3.63) is 59.7 Å². The van der Waals surface area contributed by atoms with Crippen LogP contribution in [0, 0.1) is 0 Å². The Labute approximate surface area is 165 Å². The van der Waals surface area contributed by atoms with E-state index in [-0.39, 0.29) is 0 Å². The summed E-state index contributed by atoms with van der Waals surface area (Å²) < 4.78 is 10.7. The Morgan fingerprint density at radius 3 is 2.74 bits per heavy atom. The van der Waals surface area contributed by atoms with Crippen molar-refractivity contribution in [1.82, 2.24) is 15.2 Å². The Morgan fingerprint density at radius 1 is 1.04 bits per heavy atom. The van der Waals surface area contributed by atoms with Gasteiger partial charge in [0.2, 0.25) is 0 Å². The first-order valence-corrected chi connectivity index (χ1v) is 10.1. The molecule has 0 unspecified atom stereocenters. The van der Waals surface area contributed by atoms with E-state index in [1.807, 2.05) is 36.4 Å². The van der Waals surface area contributed by atoms with Crippen molar-refractivity contribution in [3.8, 4) is 22.1 Å². The first-order chi connectivity index (χ1) is 13.3. The monoisotopic (exact) mass is 395 g/mol. The summed E-state index contributed by atoms with van der Waals surface area (Å²) in [6, 6.07) is 14.0. The van der Waals surface area contributed by atoms with Crippen LogP contribution in [0.2, 0.25) is 0 Å². The van der Waals surface area contributed by atoms with E-state index in [4.69, 9.17) is 14.5 Å². The normalized spacial score (nSPS) is 10.9. The lowest BCUT2D eigenvalue weighted by Crippen LogP contribution is -1.91. The van der Waals surface area contributed by atoms with E-state index in [0.717, 1.165) is 37.8 Å². The van der Waals surface area contributed by atoms with Gasteiger partial charge in [-0.15, -0.1) is 16.4 Å². The van der Waals surface area contributed by atoms with Crippen molar-refractivity contribution in [1.29, 1.82) is 0 Å². The number of hydrogen-bond donors (Lipinski definition) is 0. The minimum Gasteiger partial charge on any atom is -0.493 e. The van der Waals surface area contributed by atoms with Gasteiger partial charge in [-0.1, -0.05) is 36.0 Å². The number of rotatable bonds is 6. The van der Waals surface area contributed by atoms with Crippen LogP contribution in [0.25, 0.3) is 21.3 Å². The molecule has 0 radical (unpaired) electrons. The van der Waals surface area contributed by atoms with Gasteiger partial charge in [-0.05, 0) is 18.2 Å². The minimum atomic E-state index is 0.701. The van der Waals surface area contributed by atoms with E-state index >= 15 is 0 Å². The molecule has 2 heterocycles. The minimum absolute atomic E-state index is 0.701. The molecule has 7 heteroatoms. The summed E-state index contributed by atoms with van der Waals surface area (Å²) >= 11 is 3.27. The molecule has 0 N–H and O–H groups in total. The first kappa shape index (κ1) is 17.8. The number of aromatic nitrogens is 3. The predicted molar refractivity (Wildman–Crippen MR) is 110 cm³/mol. The maximum atomic E-state index is 5.38. The molecule has 0 bridgehead atoms. The number of benzene rings is 2. The van der Waals surface area contributed by atoms with Gasteiger partial charge in [-0.2, -0.15) is 5.10 Å². The summed E-state index contributed by atoms with van der Waals surface area (Å²) in [4.78, 5) is 4.76. The Hall–Kier alpha value is -2.64. The molecule has 0 aliphatic rings. The summed E-state index contributed by atoms with van der Waals surface area (Å²) in [5.74, 6) is 2.15. The molecule has 4 rings (SSSR count). The molecule has 27 heavy (non-hydrogen) atoms. The highest BCUT2D eigenvalue weighted by molar-refractivity contribution is 7.98. The van der Waals surface area contributed by atoms with Crippen LogP contribution in [-0.4, -0.2) is 29.4 Å². The molecule has 0 amide bonds. The lowest BCUT2D eigenvalue weighted by atomic mass is 10.2. The van der Waals surface area contributed by atoms with Crippen LogP contribution in [0.5, 0.6) is 11.5 Å². The standard InChI is InChI=1S/C20H17N3O2S2/c1-24-17-8-7-13(9-18(17)25-2)19-22-15(11-26-19)12-27-20-16-6-4-3-5-14(16)10-21-23-20/h3-11H,12H2,1-2H3. The highest BCUT2D eigenvalue weighted by Crippen LogP contribution is 2.34. The molecule has 136 valence electrons. The molecule has 5 nitrogen and oxygen atoms in total. The van der Waals surface area contributed by atoms with E-state index in [1.54, 1.807) is 43.5 Å². The molecule has 0 saturated heterocycles. The van der Waals surface area contributed by atoms with E-state index in [0.29, 0.717) is 11.5 Å². The molecular formula is C20H17N3O2S2. The van der Waals surface area contributed by atoms with Crippen LogP contribution >= 0.6 is 23.1 Å². The molecule has 2 aromatic heterocycles. The fourth-order valence-corrected chi connectivity index (χ4v) is 4.53. The Balaban J connectivity index is 1.53. The maximum absolute atomic E-state index is 5.38. The summed E-state index contributed by atoms with van der Waals surface area (Å²) in [5.41, 5.74) is 2.03. The Bertz CT molecular complexity index is 1080. The van der Waals surface area contributed by atoms with E-state index < -0.39 is 0 Å². The van der Waals surface area contributed by atoms with E-state index in [2.05, 4.69) is 21.6 Å². The van der Waals surface area contributed by atoms with Crippen LogP contribution in [0.15, 0.2) is 59.1 Å². The topological polar surface area (TPSA) is 57.1 Å². The van der Waals surface area contributed by atoms with Gasteiger partial charge in [0, 0.05) is 27.5 Å². The van der Waals surface area contributed by atoms with Crippen molar-refractivity contribution in [3.63, 3.8) is 0 Å². The molecule has 0 atom stereocenters. The number of hydrogen-bond acceptors (Lipinski definition) is 7. The number of thiazole rings is 1. The van der Waals surface area contributed by atoms with Gasteiger partial charge in [0.15, 0.2) is 11.5 Å². The van der Waals surface area contributed by atoms with Crippen LogP contribution < -0.4 is 9.47 Å². The number of thioether (sulfide) groups is 1. The van der Waals surface area contributed by atoms with Gasteiger partial charge in [0.25, 0.3) is 0 Å². The molecule has 0 spiro atoms. The van der Waals surface area contributed by atoms with Gasteiger partial charge >= 0.3 is 0 Å². The zero-order chi connectivity index (χ0) is 18.6. The fourth-order valence-electron chi connectivity index (χ4n) is 2.73. The largest absolute Gasteiger partial charge is 0.493 e. The Morgan fingerprint density at radius 2 is 1.89 bits per heavy atom. The van der Waals surface area contributed by atoms with Crippen molar-refractivity contribution < 1.29 is 9.47 Å². The van der Waals surface area contributed by atoms with Gasteiger partial charge < -0.3 is 9.47 Å². The zero-order valence-electron chi connectivity index (χ0n) is 14.9. The summed E-state index contributed by atoms with van der Waals surface area (Å²) in [5, 5.41) is 14.6. The number of fused-ring (bicyclic) bond motifs is 1. The Kier molecular flexibility index (Phi) is 5.22. The van der Waals surface area contributed by atoms with Crippen LogP contribution in [0.4, 0.5) is 0 Å². The van der Waals surface area contributed by atoms with Crippen LogP contribution in [0.1, 0.15) is 5.69 Å². The molecule has 0 saturated carbocycles. The van der Waals surface area contributed by atoms with Gasteiger partial charge in [-0.3, -0.25) is 0 Å². The van der Waals surface area contributed by atoms with Crippen molar-refractivity contribution in [2.45, 2.75) is 10.8 Å². The van der Waals surface area contributed by atoms with E-state index in [9.17, 15) is 0 Å². The number of methoxy groups -OCH3 is 2. The second kappa shape index (κ2) is 7.94.